The van der Waals surface area contributed by atoms with Crippen molar-refractivity contribution in [3.63, 3.8) is 0 Å². The number of H-pyrrole nitrogens is 1. The Morgan fingerprint density at radius 1 is 0.720 bits per heavy atom. The minimum absolute atomic E-state index is 0.00216. The second kappa shape index (κ2) is 37.5. The van der Waals surface area contributed by atoms with Crippen molar-refractivity contribution in [2.75, 3.05) is 111 Å². The lowest BCUT2D eigenvalue weighted by Gasteiger charge is -2.29. The summed E-state index contributed by atoms with van der Waals surface area (Å²) in [5.41, 5.74) is 6.03. The van der Waals surface area contributed by atoms with E-state index in [-0.39, 0.29) is 119 Å². The van der Waals surface area contributed by atoms with Gasteiger partial charge in [-0.3, -0.25) is 47.0 Å². The first-order chi connectivity index (χ1) is 47.8. The Hall–Kier alpha value is -7.35. The monoisotopic (exact) mass is 1460 g/mol. The Labute approximate surface area is 569 Å². The number of unbranched alkanes of at least 4 members (excludes halogenated alkanes) is 3. The van der Waals surface area contributed by atoms with Crippen LogP contribution in [-0.4, -0.2) is 193 Å². The number of hydrogen-bond donors (Lipinski definition) is 8. The number of ketones is 1. The zero-order chi connectivity index (χ0) is 72.0. The van der Waals surface area contributed by atoms with Crippen molar-refractivity contribution in [2.45, 2.75) is 81.8 Å². The number of carbonyl (C=O) groups is 4. The number of aromatic nitrogens is 4. The second-order valence-electron chi connectivity index (χ2n) is 22.4. The summed E-state index contributed by atoms with van der Waals surface area (Å²) in [5, 5.41) is 45.2. The molecule has 2 fully saturated rings. The van der Waals surface area contributed by atoms with E-state index in [1.54, 1.807) is 18.2 Å². The summed E-state index contributed by atoms with van der Waals surface area (Å²) in [4.78, 5) is 133. The number of aromatic amines is 1. The number of nitrogens with zero attached hydrogens (tertiary/aromatic N) is 3. The van der Waals surface area contributed by atoms with Gasteiger partial charge in [0, 0.05) is 50.0 Å². The number of allylic oxidation sites excluding steroid dienone is 5. The quantitative estimate of drug-likeness (QED) is 0.0167. The average molecular weight is 1460 g/mol. The maximum Gasteiger partial charge on any atom is 0.351 e. The Kier molecular flexibility index (Phi) is 29.4. The predicted molar refractivity (Wildman–Crippen MR) is 341 cm³/mol. The number of benzene rings is 2. The fourth-order valence-electron chi connectivity index (χ4n) is 10.6. The minimum atomic E-state index is -5.31. The number of nitrogens with two attached hydrogens (primary N) is 1. The number of phenolic OH excluding ortho intramolecular Hbond substituents is 1. The highest BCUT2D eigenvalue weighted by Gasteiger charge is 2.41. The van der Waals surface area contributed by atoms with Crippen LogP contribution >= 0.6 is 23.5 Å². The Morgan fingerprint density at radius 2 is 1.33 bits per heavy atom. The van der Waals surface area contributed by atoms with Gasteiger partial charge in [-0.1, -0.05) is 25.0 Å². The Bertz CT molecular complexity index is 4010. The molecule has 39 heteroatoms. The number of aliphatic hydroxyl groups is 2. The molecule has 36 nitrogen and oxygen atoms in total. The van der Waals surface area contributed by atoms with Crippen LogP contribution in [0.3, 0.4) is 0 Å². The summed E-state index contributed by atoms with van der Waals surface area (Å²) in [6.45, 7) is -3.84. The van der Waals surface area contributed by atoms with Crippen LogP contribution < -0.4 is 48.0 Å². The molecule has 100 heavy (non-hydrogen) atoms. The van der Waals surface area contributed by atoms with Gasteiger partial charge in [-0.15, -0.1) is 0 Å². The third kappa shape index (κ3) is 23.6. The summed E-state index contributed by atoms with van der Waals surface area (Å²) in [6, 6.07) is 10.3. The van der Waals surface area contributed by atoms with Gasteiger partial charge < -0.3 is 107 Å². The molecule has 9 N–H and O–H groups in total. The molecule has 2 aliphatic heterocycles. The number of hydrogen-bond acceptors (Lipinski definition) is 30. The van der Waals surface area contributed by atoms with Gasteiger partial charge in [0.2, 0.25) is 5.91 Å². The first-order valence-corrected chi connectivity index (χ1v) is 35.7. The van der Waals surface area contributed by atoms with E-state index in [9.17, 15) is 77.3 Å². The molecule has 4 aromatic rings. The lowest BCUT2D eigenvalue weighted by molar-refractivity contribution is -0.235. The van der Waals surface area contributed by atoms with Gasteiger partial charge in [-0.25, -0.2) is 14.4 Å². The fraction of sp³-hybridized carbons (Fsp3) is 0.475. The topological polar surface area (TPSA) is 520 Å². The van der Waals surface area contributed by atoms with E-state index in [0.717, 1.165) is 27.5 Å². The standard InChI is InChI=1S/C61H78N7O29P3/c62-52-13-16-67(60(78)65-52)54-33-48(72)50(95-54)36-93-98(80,81)90-26-24-88-21-22-89-25-28-92-100(84,85)97-49-34-55(96-51(49)37-94-99(82,83)91-27-23-87-20-19-86-18-17-69)68-35-39(58(75)66-61(68)79)6-12-53(73)63-14-3-1-2-4-15-64-57(74)38-5-9-46(59(76)77)47(32-38)56-44-10-7-42(70)30-40(44)29-41-31-43(71)8-11-45(41)56/h5-13,16,30-32,35,48-51,54-55,69-70,72H,1-4,14-15,17-29,33-34,36-37H2,(H,63,73)(H,64,74)(H,76,77)(H,80,81)(H,82,83)(H,84,85)(H2,62,65,78)(H,66,75,79)/p-3/b12-6+/t48?,49?,50-,51-,54-,55-/m1/s1. The number of nitrogens with one attached hydrogen (secondary N) is 3. The molecule has 2 saturated heterocycles. The second-order valence-corrected chi connectivity index (χ2v) is 26.6. The van der Waals surface area contributed by atoms with Crippen molar-refractivity contribution in [2.24, 2.45) is 0 Å². The molecule has 0 radical (unpaired) electrons. The summed E-state index contributed by atoms with van der Waals surface area (Å²) in [5.74, 6) is -2.57. The van der Waals surface area contributed by atoms with Crippen molar-refractivity contribution in [1.29, 1.82) is 0 Å². The molecule has 4 aliphatic rings. The number of phosphoric acid groups is 3. The molecule has 5 unspecified atom stereocenters. The highest BCUT2D eigenvalue weighted by molar-refractivity contribution is 7.46. The summed E-state index contributed by atoms with van der Waals surface area (Å²) in [6.07, 6.45) is 3.10. The van der Waals surface area contributed by atoms with E-state index in [1.807, 2.05) is 0 Å². The highest BCUT2D eigenvalue weighted by atomic mass is 31.2. The average Bonchev–Trinajstić information content (AvgIpc) is 0.917. The molecule has 0 saturated carbocycles. The van der Waals surface area contributed by atoms with E-state index in [2.05, 4.69) is 20.6 Å². The van der Waals surface area contributed by atoms with Crippen molar-refractivity contribution in [3.05, 3.63) is 155 Å². The first-order valence-electron chi connectivity index (χ1n) is 31.4. The first kappa shape index (κ1) is 78.4. The Balaban J connectivity index is 0.766. The predicted octanol–water partition coefficient (Wildman–Crippen LogP) is 0.191. The van der Waals surface area contributed by atoms with Crippen LogP contribution in [0.4, 0.5) is 5.82 Å². The number of carboxylic acids is 1. The third-order valence-electron chi connectivity index (χ3n) is 15.3. The number of anilines is 1. The van der Waals surface area contributed by atoms with Gasteiger partial charge in [0.05, 0.1) is 116 Å². The van der Waals surface area contributed by atoms with Crippen LogP contribution in [0.15, 0.2) is 105 Å². The number of phosphoric ester groups is 3. The smallest absolute Gasteiger partial charge is 0.351 e. The number of phenols is 1. The number of carboxylic acid groups (broad SMARTS) is 1. The number of ether oxygens (including phenoxy) is 6. The van der Waals surface area contributed by atoms with Crippen LogP contribution in [0.5, 0.6) is 5.75 Å². The number of aliphatic hydroxyl groups excluding tert-OH is 2. The van der Waals surface area contributed by atoms with E-state index in [1.165, 1.54) is 48.7 Å². The van der Waals surface area contributed by atoms with Gasteiger partial charge in [0.1, 0.15) is 36.2 Å². The van der Waals surface area contributed by atoms with E-state index < -0.39 is 135 Å². The number of carbonyl (C=O) groups excluding carboxylic acids is 3. The van der Waals surface area contributed by atoms with Gasteiger partial charge in [-0.05, 0) is 107 Å². The highest BCUT2D eigenvalue weighted by Crippen LogP contribution is 2.47. The zero-order valence-corrected chi connectivity index (χ0v) is 56.2. The number of aromatic hydroxyl groups is 1. The molecule has 4 heterocycles. The third-order valence-corrected chi connectivity index (χ3v) is 18.2. The molecule has 2 aliphatic carbocycles. The lowest BCUT2D eigenvalue weighted by atomic mass is 9.76. The lowest BCUT2D eigenvalue weighted by Crippen LogP contribution is -2.33. The number of nitrogen functional groups attached to an aromatic ring is 1. The van der Waals surface area contributed by atoms with Crippen LogP contribution in [0.2, 0.25) is 0 Å². The van der Waals surface area contributed by atoms with Crippen molar-refractivity contribution in [1.82, 2.24) is 29.7 Å². The largest absolute Gasteiger partial charge is 0.756 e. The maximum absolute atomic E-state index is 13.4. The summed E-state index contributed by atoms with van der Waals surface area (Å²) < 4.78 is 102. The number of fused-ring (bicyclic) bond motifs is 2. The molecule has 8 rings (SSSR count). The SMILES string of the molecule is Nc1ccn([C@H]2CC(O)[C@@H](COP(=O)([O-])OCCOCCOCCOP(=O)([O-])OC3C[C@H](n4cc(/C=C/C(=O)NCCCCCCNC(=O)c5ccc(C(=O)O)c(C6=C7C=CC(=O)C=C7Cc7cc(O)ccc76)c5)c(=O)[nH]c4=O)O[C@@H]3COP(=O)([O-])OCCOCCOCCO)O2)c(=O)n1. The fourth-order valence-corrected chi connectivity index (χ4v) is 12.9. The van der Waals surface area contributed by atoms with Crippen LogP contribution in [-0.2, 0) is 85.3 Å². The maximum atomic E-state index is 13.4. The molecule has 2 aromatic carbocycles. The Morgan fingerprint density at radius 3 is 1.98 bits per heavy atom. The molecule has 546 valence electrons. The molecular formula is C61H75N7O29P3-3. The van der Waals surface area contributed by atoms with E-state index >= 15 is 0 Å². The number of amides is 2. The van der Waals surface area contributed by atoms with E-state index in [4.69, 9.17) is 66.4 Å². The number of rotatable bonds is 42. The van der Waals surface area contributed by atoms with Gasteiger partial charge >= 0.3 is 17.3 Å². The van der Waals surface area contributed by atoms with Crippen LogP contribution in [0.1, 0.15) is 94.0 Å². The molecule has 2 amide bonds. The molecule has 2 aromatic heterocycles. The zero-order valence-electron chi connectivity index (χ0n) is 53.6. The summed E-state index contributed by atoms with van der Waals surface area (Å²) >= 11 is 0. The van der Waals surface area contributed by atoms with Gasteiger partial charge in [-0.2, -0.15) is 4.98 Å². The molecule has 0 bridgehead atoms. The minimum Gasteiger partial charge on any atom is -0.756 e. The van der Waals surface area contributed by atoms with E-state index in [0.29, 0.717) is 60.0 Å². The van der Waals surface area contributed by atoms with Crippen molar-refractivity contribution >= 4 is 64.5 Å². The number of aromatic carboxylic acids is 1. The normalized spacial score (nSPS) is 20.7. The van der Waals surface area contributed by atoms with Gasteiger partial charge in [0.15, 0.2) is 5.78 Å². The summed E-state index contributed by atoms with van der Waals surface area (Å²) in [7, 11) is -15.4. The van der Waals surface area contributed by atoms with Crippen molar-refractivity contribution in [3.8, 4) is 5.75 Å². The van der Waals surface area contributed by atoms with Crippen LogP contribution in [0, 0.1) is 0 Å². The molecular weight excluding hydrogens is 1390 g/mol. The molecule has 9 atom stereocenters. The van der Waals surface area contributed by atoms with Crippen molar-refractivity contribution < 1.29 is 124 Å². The van der Waals surface area contributed by atoms with Crippen LogP contribution in [0.25, 0.3) is 11.6 Å². The van der Waals surface area contributed by atoms with Gasteiger partial charge in [0.25, 0.3) is 34.9 Å². The molecule has 0 spiro atoms.